The molecule has 31 heavy (non-hydrogen) atoms. The summed E-state index contributed by atoms with van der Waals surface area (Å²) in [7, 11) is 0. The van der Waals surface area contributed by atoms with Crippen LogP contribution >= 0.6 is 0 Å². The maximum atomic E-state index is 13.3. The zero-order chi connectivity index (χ0) is 21.8. The zero-order valence-electron chi connectivity index (χ0n) is 16.7. The van der Waals surface area contributed by atoms with E-state index in [-0.39, 0.29) is 23.6 Å². The van der Waals surface area contributed by atoms with Gasteiger partial charge in [-0.3, -0.25) is 0 Å². The average molecular weight is 430 g/mol. The number of rotatable bonds is 6. The molecule has 1 N–H and O–H groups in total. The largest absolute Gasteiger partial charge is 0.419 e. The minimum atomic E-state index is -4.48. The summed E-state index contributed by atoms with van der Waals surface area (Å²) in [6.07, 6.45) is -2.83. The van der Waals surface area contributed by atoms with E-state index < -0.39 is 11.7 Å². The predicted octanol–water partition coefficient (Wildman–Crippen LogP) is 4.64. The number of benzene rings is 2. The summed E-state index contributed by atoms with van der Waals surface area (Å²) in [4.78, 5) is 9.94. The second-order valence-corrected chi connectivity index (χ2v) is 7.71. The van der Waals surface area contributed by atoms with Crippen LogP contribution in [0.5, 0.6) is 0 Å². The van der Waals surface area contributed by atoms with Crippen LogP contribution in [0.25, 0.3) is 0 Å². The maximum Gasteiger partial charge on any atom is 0.419 e. The van der Waals surface area contributed by atoms with E-state index in [4.69, 9.17) is 0 Å². The molecule has 1 aliphatic heterocycles. The number of alkyl halides is 3. The fourth-order valence-corrected chi connectivity index (χ4v) is 3.96. The molecule has 2 heterocycles. The van der Waals surface area contributed by atoms with Crippen LogP contribution in [0.3, 0.4) is 0 Å². The summed E-state index contributed by atoms with van der Waals surface area (Å²) in [6.45, 7) is 2.52. The summed E-state index contributed by atoms with van der Waals surface area (Å²) < 4.78 is 52.1. The molecule has 1 aliphatic rings. The molecule has 0 radical (unpaired) electrons. The van der Waals surface area contributed by atoms with Crippen molar-refractivity contribution in [1.29, 1.82) is 0 Å². The third kappa shape index (κ3) is 5.19. The highest BCUT2D eigenvalue weighted by molar-refractivity contribution is 5.34. The molecule has 0 bridgehead atoms. The monoisotopic (exact) mass is 430 g/mol. The van der Waals surface area contributed by atoms with Gasteiger partial charge in [-0.05, 0) is 29.2 Å². The van der Waals surface area contributed by atoms with Gasteiger partial charge in [0.2, 0.25) is 5.95 Å². The third-order valence-corrected chi connectivity index (χ3v) is 5.56. The van der Waals surface area contributed by atoms with E-state index in [1.807, 2.05) is 35.2 Å². The first kappa shape index (κ1) is 21.2. The summed E-state index contributed by atoms with van der Waals surface area (Å²) in [5.74, 6) is 0.296. The normalized spacial score (nSPS) is 18.8. The van der Waals surface area contributed by atoms with Crippen molar-refractivity contribution >= 4 is 5.95 Å². The molecule has 0 amide bonds. The number of hydrogen-bond acceptors (Lipinski definition) is 4. The molecule has 3 aromatic rings. The van der Waals surface area contributed by atoms with E-state index in [0.29, 0.717) is 13.1 Å². The molecule has 1 saturated heterocycles. The van der Waals surface area contributed by atoms with E-state index in [2.05, 4.69) is 15.3 Å². The molecular weight excluding hydrogens is 408 g/mol. The van der Waals surface area contributed by atoms with Crippen LogP contribution in [0.4, 0.5) is 23.5 Å². The Labute approximate surface area is 178 Å². The lowest BCUT2D eigenvalue weighted by molar-refractivity contribution is -0.138. The zero-order valence-corrected chi connectivity index (χ0v) is 16.7. The van der Waals surface area contributed by atoms with Crippen molar-refractivity contribution in [2.75, 3.05) is 24.5 Å². The molecule has 1 fully saturated rings. The van der Waals surface area contributed by atoms with E-state index >= 15 is 0 Å². The van der Waals surface area contributed by atoms with Crippen LogP contribution in [0.2, 0.25) is 0 Å². The minimum absolute atomic E-state index is 0.160. The molecule has 0 spiro atoms. The number of halogens is 4. The topological polar surface area (TPSA) is 41.0 Å². The lowest BCUT2D eigenvalue weighted by Crippen LogP contribution is -2.33. The number of anilines is 1. The molecule has 1 aromatic heterocycles. The standard InChI is InChI=1S/C23H22F4N4/c24-20-8-6-17(7-9-20)21-13-28-10-18(21)15-31(14-16-4-2-1-3-5-16)22-29-11-19(12-30-22)23(25,26)27/h1-9,11-12,18,21,28H,10,13-15H2. The lowest BCUT2D eigenvalue weighted by atomic mass is 9.88. The predicted molar refractivity (Wildman–Crippen MR) is 110 cm³/mol. The number of hydrogen-bond donors (Lipinski definition) is 1. The van der Waals surface area contributed by atoms with Gasteiger partial charge in [-0.1, -0.05) is 42.5 Å². The number of nitrogens with one attached hydrogen (secondary N) is 1. The van der Waals surface area contributed by atoms with Gasteiger partial charge in [0, 0.05) is 44.5 Å². The lowest BCUT2D eigenvalue weighted by Gasteiger charge is -2.29. The summed E-state index contributed by atoms with van der Waals surface area (Å²) >= 11 is 0. The fourth-order valence-electron chi connectivity index (χ4n) is 3.96. The van der Waals surface area contributed by atoms with Crippen LogP contribution < -0.4 is 10.2 Å². The van der Waals surface area contributed by atoms with Crippen LogP contribution in [-0.4, -0.2) is 29.6 Å². The van der Waals surface area contributed by atoms with Crippen LogP contribution in [0.1, 0.15) is 22.6 Å². The van der Waals surface area contributed by atoms with Gasteiger partial charge in [0.25, 0.3) is 0 Å². The van der Waals surface area contributed by atoms with Crippen molar-refractivity contribution < 1.29 is 17.6 Å². The Morgan fingerprint density at radius 2 is 1.61 bits per heavy atom. The first-order chi connectivity index (χ1) is 14.9. The molecule has 2 atom stereocenters. The molecule has 4 nitrogen and oxygen atoms in total. The van der Waals surface area contributed by atoms with E-state index in [1.54, 1.807) is 12.1 Å². The molecule has 2 unspecified atom stereocenters. The molecule has 0 saturated carbocycles. The van der Waals surface area contributed by atoms with Gasteiger partial charge in [0.15, 0.2) is 0 Å². The van der Waals surface area contributed by atoms with Crippen LogP contribution in [0, 0.1) is 11.7 Å². The van der Waals surface area contributed by atoms with Crippen molar-refractivity contribution in [3.8, 4) is 0 Å². The first-order valence-corrected chi connectivity index (χ1v) is 10.0. The average Bonchev–Trinajstić information content (AvgIpc) is 3.22. The van der Waals surface area contributed by atoms with Gasteiger partial charge in [-0.25, -0.2) is 14.4 Å². The second-order valence-electron chi connectivity index (χ2n) is 7.71. The van der Waals surface area contributed by atoms with E-state index in [9.17, 15) is 17.6 Å². The van der Waals surface area contributed by atoms with Gasteiger partial charge in [-0.2, -0.15) is 13.2 Å². The fraction of sp³-hybridized carbons (Fsp3) is 0.304. The van der Waals surface area contributed by atoms with Gasteiger partial charge in [0.05, 0.1) is 5.56 Å². The quantitative estimate of drug-likeness (QED) is 0.579. The van der Waals surface area contributed by atoms with Gasteiger partial charge in [0.1, 0.15) is 5.82 Å². The highest BCUT2D eigenvalue weighted by Gasteiger charge is 2.33. The van der Waals surface area contributed by atoms with Crippen molar-refractivity contribution in [2.24, 2.45) is 5.92 Å². The molecule has 2 aromatic carbocycles. The van der Waals surface area contributed by atoms with Crippen molar-refractivity contribution in [2.45, 2.75) is 18.6 Å². The maximum absolute atomic E-state index is 13.3. The third-order valence-electron chi connectivity index (χ3n) is 5.56. The second kappa shape index (κ2) is 9.01. The Balaban J connectivity index is 1.58. The smallest absolute Gasteiger partial charge is 0.336 e. The Hall–Kier alpha value is -3.00. The Morgan fingerprint density at radius 1 is 0.935 bits per heavy atom. The Kier molecular flexibility index (Phi) is 6.18. The highest BCUT2D eigenvalue weighted by atomic mass is 19.4. The summed E-state index contributed by atoms with van der Waals surface area (Å²) in [6, 6.07) is 16.1. The van der Waals surface area contributed by atoms with Gasteiger partial charge in [-0.15, -0.1) is 0 Å². The van der Waals surface area contributed by atoms with Crippen LogP contribution in [0.15, 0.2) is 67.0 Å². The Morgan fingerprint density at radius 3 is 2.26 bits per heavy atom. The SMILES string of the molecule is Fc1ccc(C2CNCC2CN(Cc2ccccc2)c2ncc(C(F)(F)F)cn2)cc1. The van der Waals surface area contributed by atoms with Gasteiger partial charge < -0.3 is 10.2 Å². The molecule has 8 heteroatoms. The molecule has 4 rings (SSSR count). The first-order valence-electron chi connectivity index (χ1n) is 10.0. The summed E-state index contributed by atoms with van der Waals surface area (Å²) in [5, 5.41) is 3.38. The van der Waals surface area contributed by atoms with Crippen LogP contribution in [-0.2, 0) is 12.7 Å². The van der Waals surface area contributed by atoms with Gasteiger partial charge >= 0.3 is 6.18 Å². The molecule has 0 aliphatic carbocycles. The van der Waals surface area contributed by atoms with Crippen molar-refractivity contribution in [1.82, 2.24) is 15.3 Å². The van der Waals surface area contributed by atoms with Crippen molar-refractivity contribution in [3.63, 3.8) is 0 Å². The number of aromatic nitrogens is 2. The Bertz CT molecular complexity index is 975. The van der Waals surface area contributed by atoms with E-state index in [1.165, 1.54) is 12.1 Å². The highest BCUT2D eigenvalue weighted by Crippen LogP contribution is 2.31. The molecule has 162 valence electrons. The minimum Gasteiger partial charge on any atom is -0.336 e. The van der Waals surface area contributed by atoms with Crippen molar-refractivity contribution in [3.05, 3.63) is 89.5 Å². The summed E-state index contributed by atoms with van der Waals surface area (Å²) in [5.41, 5.74) is 1.17. The number of nitrogens with zero attached hydrogens (tertiary/aromatic N) is 3. The van der Waals surface area contributed by atoms with E-state index in [0.717, 1.165) is 36.6 Å². The molecular formula is C23H22F4N4.